The van der Waals surface area contributed by atoms with Crippen LogP contribution >= 0.6 is 0 Å². The zero-order valence-electron chi connectivity index (χ0n) is 20.0. The van der Waals surface area contributed by atoms with Gasteiger partial charge in [0.2, 0.25) is 10.0 Å². The van der Waals surface area contributed by atoms with E-state index in [2.05, 4.69) is 13.8 Å². The van der Waals surface area contributed by atoms with E-state index in [9.17, 15) is 18.0 Å². The summed E-state index contributed by atoms with van der Waals surface area (Å²) in [6.07, 6.45) is 0. The normalized spacial score (nSPS) is 12.1. The molecule has 0 radical (unpaired) electrons. The van der Waals surface area contributed by atoms with Gasteiger partial charge in [-0.2, -0.15) is 0 Å². The molecule has 0 aliphatic carbocycles. The topological polar surface area (TPSA) is 90.6 Å². The summed E-state index contributed by atoms with van der Waals surface area (Å²) in [6, 6.07) is 10.3. The lowest BCUT2D eigenvalue weighted by atomic mass is 9.98. The van der Waals surface area contributed by atoms with Crippen LogP contribution in [0.1, 0.15) is 37.8 Å². The smallest absolute Gasteiger partial charge is 0.317 e. The number of hydrogen-bond acceptors (Lipinski definition) is 5. The van der Waals surface area contributed by atoms with Gasteiger partial charge in [0.15, 0.2) is 0 Å². The third kappa shape index (κ3) is 4.74. The van der Waals surface area contributed by atoms with Crippen molar-refractivity contribution in [2.75, 3.05) is 20.7 Å². The highest BCUT2D eigenvalue weighted by molar-refractivity contribution is 7.89. The standard InChI is InChI=1S/C24H31N3O5S/c1-7-26-21-11-9-19(33(30,31)25(5)6)15-22(21)27(24(29)23(26)28)12-13-32-18-8-10-20(16(2)3)17(4)14-18/h8-11,14-16H,7,12-13H2,1-6H3. The Labute approximate surface area is 194 Å². The molecule has 0 atom stereocenters. The van der Waals surface area contributed by atoms with E-state index in [1.165, 1.54) is 40.9 Å². The first-order valence-electron chi connectivity index (χ1n) is 10.9. The SMILES string of the molecule is CCn1c(=O)c(=O)n(CCOc2ccc(C(C)C)c(C)c2)c2cc(S(=O)(=O)N(C)C)ccc21. The Morgan fingerprint density at radius 2 is 1.64 bits per heavy atom. The maximum Gasteiger partial charge on any atom is 0.317 e. The first-order chi connectivity index (χ1) is 15.5. The van der Waals surface area contributed by atoms with E-state index < -0.39 is 21.1 Å². The highest BCUT2D eigenvalue weighted by Gasteiger charge is 2.20. The van der Waals surface area contributed by atoms with Crippen molar-refractivity contribution in [1.82, 2.24) is 13.4 Å². The molecule has 0 saturated carbocycles. The van der Waals surface area contributed by atoms with Crippen molar-refractivity contribution in [3.63, 3.8) is 0 Å². The number of hydrogen-bond donors (Lipinski definition) is 0. The van der Waals surface area contributed by atoms with Gasteiger partial charge in [-0.1, -0.05) is 19.9 Å². The fraction of sp³-hybridized carbons (Fsp3) is 0.417. The predicted molar refractivity (Wildman–Crippen MR) is 130 cm³/mol. The largest absolute Gasteiger partial charge is 0.492 e. The Kier molecular flexibility index (Phi) is 7.14. The van der Waals surface area contributed by atoms with E-state index in [0.717, 1.165) is 9.87 Å². The fourth-order valence-corrected chi connectivity index (χ4v) is 4.87. The van der Waals surface area contributed by atoms with Crippen LogP contribution < -0.4 is 15.9 Å². The molecule has 9 heteroatoms. The molecule has 1 aromatic heterocycles. The van der Waals surface area contributed by atoms with Gasteiger partial charge >= 0.3 is 11.1 Å². The average molecular weight is 474 g/mol. The molecule has 33 heavy (non-hydrogen) atoms. The predicted octanol–water partition coefficient (Wildman–Crippen LogP) is 2.94. The molecule has 0 saturated heterocycles. The molecule has 3 rings (SSSR count). The molecule has 0 aliphatic heterocycles. The van der Waals surface area contributed by atoms with Gasteiger partial charge in [0.25, 0.3) is 0 Å². The Hall–Kier alpha value is -2.91. The summed E-state index contributed by atoms with van der Waals surface area (Å²) in [7, 11) is -0.819. The van der Waals surface area contributed by atoms with Gasteiger partial charge in [-0.15, -0.1) is 0 Å². The number of aromatic nitrogens is 2. The molecule has 0 bridgehead atoms. The van der Waals surface area contributed by atoms with Crippen LogP contribution in [-0.2, 0) is 23.1 Å². The molecule has 0 spiro atoms. The Bertz CT molecular complexity index is 1400. The second kappa shape index (κ2) is 9.52. The lowest BCUT2D eigenvalue weighted by Gasteiger charge is -2.17. The highest BCUT2D eigenvalue weighted by atomic mass is 32.2. The second-order valence-electron chi connectivity index (χ2n) is 8.47. The molecule has 8 nitrogen and oxygen atoms in total. The van der Waals surface area contributed by atoms with Crippen LogP contribution in [0.5, 0.6) is 5.75 Å². The van der Waals surface area contributed by atoms with E-state index in [-0.39, 0.29) is 18.0 Å². The zero-order valence-corrected chi connectivity index (χ0v) is 20.8. The van der Waals surface area contributed by atoms with E-state index in [1.807, 2.05) is 25.1 Å². The number of benzene rings is 2. The summed E-state index contributed by atoms with van der Waals surface area (Å²) >= 11 is 0. The van der Waals surface area contributed by atoms with Crippen molar-refractivity contribution in [3.8, 4) is 5.75 Å². The Morgan fingerprint density at radius 3 is 2.21 bits per heavy atom. The lowest BCUT2D eigenvalue weighted by molar-refractivity contribution is 0.297. The molecule has 178 valence electrons. The number of aryl methyl sites for hydroxylation is 2. The quantitative estimate of drug-likeness (QED) is 0.469. The minimum Gasteiger partial charge on any atom is -0.492 e. The number of sulfonamides is 1. The first kappa shape index (κ1) is 24.7. The minimum atomic E-state index is -3.71. The van der Waals surface area contributed by atoms with Gasteiger partial charge in [0, 0.05) is 20.6 Å². The molecule has 0 N–H and O–H groups in total. The van der Waals surface area contributed by atoms with Crippen LogP contribution in [0, 0.1) is 6.92 Å². The van der Waals surface area contributed by atoms with Crippen molar-refractivity contribution >= 4 is 21.1 Å². The number of nitrogens with zero attached hydrogens (tertiary/aromatic N) is 3. The van der Waals surface area contributed by atoms with Crippen molar-refractivity contribution < 1.29 is 13.2 Å². The highest BCUT2D eigenvalue weighted by Crippen LogP contribution is 2.24. The van der Waals surface area contributed by atoms with Gasteiger partial charge in [-0.25, -0.2) is 12.7 Å². The minimum absolute atomic E-state index is 0.0512. The maximum absolute atomic E-state index is 12.9. The molecule has 0 aliphatic rings. The maximum atomic E-state index is 12.9. The number of rotatable bonds is 8. The molecular weight excluding hydrogens is 442 g/mol. The number of ether oxygens (including phenoxy) is 1. The van der Waals surface area contributed by atoms with Gasteiger partial charge < -0.3 is 9.30 Å². The van der Waals surface area contributed by atoms with Crippen molar-refractivity contribution in [3.05, 3.63) is 68.2 Å². The Balaban J connectivity index is 2.02. The second-order valence-corrected chi connectivity index (χ2v) is 10.6. The molecule has 0 amide bonds. The van der Waals surface area contributed by atoms with Gasteiger partial charge in [0.05, 0.1) is 22.5 Å². The summed E-state index contributed by atoms with van der Waals surface area (Å²) in [5, 5.41) is 0. The van der Waals surface area contributed by atoms with Crippen LogP contribution in [0.15, 0.2) is 50.9 Å². The van der Waals surface area contributed by atoms with Crippen molar-refractivity contribution in [1.29, 1.82) is 0 Å². The average Bonchev–Trinajstić information content (AvgIpc) is 2.76. The van der Waals surface area contributed by atoms with Crippen LogP contribution in [0.3, 0.4) is 0 Å². The third-order valence-corrected chi connectivity index (χ3v) is 7.55. The van der Waals surface area contributed by atoms with E-state index in [1.54, 1.807) is 13.0 Å². The van der Waals surface area contributed by atoms with Gasteiger partial charge in [0.1, 0.15) is 12.4 Å². The summed E-state index contributed by atoms with van der Waals surface area (Å²) in [6.45, 7) is 8.59. The van der Waals surface area contributed by atoms with Crippen molar-refractivity contribution in [2.24, 2.45) is 0 Å². The molecule has 2 aromatic carbocycles. The lowest BCUT2D eigenvalue weighted by Crippen LogP contribution is -2.42. The molecule has 0 unspecified atom stereocenters. The summed E-state index contributed by atoms with van der Waals surface area (Å²) < 4.78 is 34.9. The van der Waals surface area contributed by atoms with E-state index in [0.29, 0.717) is 29.2 Å². The van der Waals surface area contributed by atoms with E-state index in [4.69, 9.17) is 4.74 Å². The van der Waals surface area contributed by atoms with Crippen LogP contribution in [0.4, 0.5) is 0 Å². The summed E-state index contributed by atoms with van der Waals surface area (Å²) in [4.78, 5) is 25.6. The molecule has 1 heterocycles. The van der Waals surface area contributed by atoms with Gasteiger partial charge in [-0.3, -0.25) is 14.2 Å². The monoisotopic (exact) mass is 473 g/mol. The zero-order chi connectivity index (χ0) is 24.5. The van der Waals surface area contributed by atoms with Gasteiger partial charge in [-0.05, 0) is 61.2 Å². The number of fused-ring (bicyclic) bond motifs is 1. The molecular formula is C24H31N3O5S. The Morgan fingerprint density at radius 1 is 0.970 bits per heavy atom. The van der Waals surface area contributed by atoms with Crippen LogP contribution in [-0.4, -0.2) is 42.6 Å². The summed E-state index contributed by atoms with van der Waals surface area (Å²) in [5.74, 6) is 1.08. The molecule has 3 aromatic rings. The summed E-state index contributed by atoms with van der Waals surface area (Å²) in [5.41, 5.74) is 1.87. The van der Waals surface area contributed by atoms with Crippen molar-refractivity contribution in [2.45, 2.75) is 51.6 Å². The van der Waals surface area contributed by atoms with Crippen LogP contribution in [0.25, 0.3) is 11.0 Å². The third-order valence-electron chi connectivity index (χ3n) is 5.74. The fourth-order valence-electron chi connectivity index (χ4n) is 3.95. The van der Waals surface area contributed by atoms with Crippen LogP contribution in [0.2, 0.25) is 0 Å². The van der Waals surface area contributed by atoms with E-state index >= 15 is 0 Å². The molecule has 0 fully saturated rings. The first-order valence-corrected chi connectivity index (χ1v) is 12.4.